The van der Waals surface area contributed by atoms with Crippen LogP contribution in [0.4, 0.5) is 0 Å². The van der Waals surface area contributed by atoms with Crippen molar-refractivity contribution in [2.24, 2.45) is 0 Å². The van der Waals surface area contributed by atoms with Gasteiger partial charge < -0.3 is 14.5 Å². The van der Waals surface area contributed by atoms with Crippen LogP contribution in [0, 0.1) is 0 Å². The van der Waals surface area contributed by atoms with Crippen molar-refractivity contribution in [1.82, 2.24) is 5.32 Å². The highest BCUT2D eigenvalue weighted by molar-refractivity contribution is 6.35. The predicted molar refractivity (Wildman–Crippen MR) is 86.5 cm³/mol. The Balaban J connectivity index is 1.64. The van der Waals surface area contributed by atoms with E-state index in [-0.39, 0.29) is 30.7 Å². The lowest BCUT2D eigenvalue weighted by Gasteiger charge is -2.07. The molecule has 1 amide bonds. The summed E-state index contributed by atoms with van der Waals surface area (Å²) in [6, 6.07) is 8.19. The van der Waals surface area contributed by atoms with Gasteiger partial charge in [-0.3, -0.25) is 9.59 Å². The smallest absolute Gasteiger partial charge is 0.306 e. The number of carbonyl (C=O) groups excluding carboxylic acids is 2. The minimum Gasteiger partial charge on any atom is -0.461 e. The van der Waals surface area contributed by atoms with E-state index < -0.39 is 0 Å². The van der Waals surface area contributed by atoms with Gasteiger partial charge in [-0.15, -0.1) is 0 Å². The standard InChI is InChI=1S/C16H15Cl2NO4/c17-12-6-5-11(13(18)9-12)10-23-15(20)4-1-7-19-16(21)14-3-2-8-22-14/h2-3,5-6,8-9H,1,4,7,10H2,(H,19,21). The van der Waals surface area contributed by atoms with Gasteiger partial charge in [0.25, 0.3) is 5.91 Å². The third kappa shape index (κ3) is 5.62. The van der Waals surface area contributed by atoms with E-state index >= 15 is 0 Å². The zero-order valence-electron chi connectivity index (χ0n) is 12.2. The second kappa shape index (κ2) is 8.60. The number of esters is 1. The van der Waals surface area contributed by atoms with E-state index in [9.17, 15) is 9.59 Å². The number of hydrogen-bond acceptors (Lipinski definition) is 4. The van der Waals surface area contributed by atoms with Crippen molar-refractivity contribution in [3.63, 3.8) is 0 Å². The van der Waals surface area contributed by atoms with Gasteiger partial charge >= 0.3 is 5.97 Å². The number of amides is 1. The normalized spacial score (nSPS) is 10.3. The molecule has 5 nitrogen and oxygen atoms in total. The fourth-order valence-corrected chi connectivity index (χ4v) is 2.26. The Morgan fingerprint density at radius 3 is 2.74 bits per heavy atom. The van der Waals surface area contributed by atoms with Crippen molar-refractivity contribution in [1.29, 1.82) is 0 Å². The molecule has 0 aliphatic heterocycles. The maximum Gasteiger partial charge on any atom is 0.306 e. The maximum absolute atomic E-state index is 11.6. The van der Waals surface area contributed by atoms with Crippen molar-refractivity contribution in [3.8, 4) is 0 Å². The molecule has 0 spiro atoms. The molecule has 1 heterocycles. The lowest BCUT2D eigenvalue weighted by molar-refractivity contribution is -0.145. The van der Waals surface area contributed by atoms with Crippen LogP contribution in [0.3, 0.4) is 0 Å². The van der Waals surface area contributed by atoms with Crippen LogP contribution in [0.25, 0.3) is 0 Å². The monoisotopic (exact) mass is 355 g/mol. The summed E-state index contributed by atoms with van der Waals surface area (Å²) < 4.78 is 10.1. The minimum absolute atomic E-state index is 0.0909. The lowest BCUT2D eigenvalue weighted by atomic mass is 10.2. The predicted octanol–water partition coefficient (Wildman–Crippen LogP) is 3.84. The minimum atomic E-state index is -0.358. The van der Waals surface area contributed by atoms with Crippen molar-refractivity contribution in [2.45, 2.75) is 19.4 Å². The number of ether oxygens (including phenoxy) is 1. The lowest BCUT2D eigenvalue weighted by Crippen LogP contribution is -2.24. The van der Waals surface area contributed by atoms with E-state index in [0.717, 1.165) is 0 Å². The molecule has 2 rings (SSSR count). The highest BCUT2D eigenvalue weighted by Gasteiger charge is 2.09. The van der Waals surface area contributed by atoms with E-state index in [1.54, 1.807) is 30.3 Å². The van der Waals surface area contributed by atoms with Crippen molar-refractivity contribution in [2.75, 3.05) is 6.54 Å². The summed E-state index contributed by atoms with van der Waals surface area (Å²) in [7, 11) is 0. The Morgan fingerprint density at radius 1 is 1.22 bits per heavy atom. The second-order valence-electron chi connectivity index (χ2n) is 4.73. The summed E-state index contributed by atoms with van der Waals surface area (Å²) in [5, 5.41) is 3.63. The Labute approximate surface area is 143 Å². The van der Waals surface area contributed by atoms with Gasteiger partial charge in [-0.05, 0) is 30.7 Å². The van der Waals surface area contributed by atoms with Crippen LogP contribution in [-0.4, -0.2) is 18.4 Å². The number of rotatable bonds is 7. The second-order valence-corrected chi connectivity index (χ2v) is 5.58. The van der Waals surface area contributed by atoms with Gasteiger partial charge in [-0.2, -0.15) is 0 Å². The van der Waals surface area contributed by atoms with E-state index in [1.807, 2.05) is 0 Å². The molecule has 0 unspecified atom stereocenters. The highest BCUT2D eigenvalue weighted by Crippen LogP contribution is 2.21. The number of benzene rings is 1. The van der Waals surface area contributed by atoms with Crippen LogP contribution in [0.2, 0.25) is 10.0 Å². The van der Waals surface area contributed by atoms with Gasteiger partial charge in [0.15, 0.2) is 5.76 Å². The molecular weight excluding hydrogens is 341 g/mol. The van der Waals surface area contributed by atoms with Crippen LogP contribution in [0.15, 0.2) is 41.0 Å². The Kier molecular flexibility index (Phi) is 6.50. The zero-order valence-corrected chi connectivity index (χ0v) is 13.7. The van der Waals surface area contributed by atoms with Gasteiger partial charge in [0.05, 0.1) is 6.26 Å². The SMILES string of the molecule is O=C(CCCNC(=O)c1ccco1)OCc1ccc(Cl)cc1Cl. The first kappa shape index (κ1) is 17.4. The number of hydrogen-bond donors (Lipinski definition) is 1. The molecule has 0 saturated carbocycles. The summed E-state index contributed by atoms with van der Waals surface area (Å²) >= 11 is 11.8. The van der Waals surface area contributed by atoms with Gasteiger partial charge in [0.2, 0.25) is 0 Å². The molecule has 7 heteroatoms. The number of nitrogens with one attached hydrogen (secondary N) is 1. The molecule has 0 aliphatic rings. The molecule has 0 aliphatic carbocycles. The Bertz CT molecular complexity index is 671. The average Bonchev–Trinajstić information content (AvgIpc) is 3.05. The van der Waals surface area contributed by atoms with Gasteiger partial charge in [-0.25, -0.2) is 0 Å². The molecule has 2 aromatic rings. The summed E-state index contributed by atoms with van der Waals surface area (Å²) in [6.45, 7) is 0.448. The average molecular weight is 356 g/mol. The van der Waals surface area contributed by atoms with E-state index in [2.05, 4.69) is 5.32 Å². The van der Waals surface area contributed by atoms with Gasteiger partial charge in [0.1, 0.15) is 6.61 Å². The first-order chi connectivity index (χ1) is 11.1. The topological polar surface area (TPSA) is 68.5 Å². The summed E-state index contributed by atoms with van der Waals surface area (Å²) in [6.07, 6.45) is 2.09. The zero-order chi connectivity index (χ0) is 16.7. The van der Waals surface area contributed by atoms with Crippen LogP contribution in [-0.2, 0) is 16.1 Å². The van der Waals surface area contributed by atoms with Crippen molar-refractivity contribution in [3.05, 3.63) is 58.0 Å². The Morgan fingerprint density at radius 2 is 2.04 bits per heavy atom. The fourth-order valence-electron chi connectivity index (χ4n) is 1.80. The molecule has 1 N–H and O–H groups in total. The fraction of sp³-hybridized carbons (Fsp3) is 0.250. The number of carbonyl (C=O) groups is 2. The largest absolute Gasteiger partial charge is 0.461 e. The van der Waals surface area contributed by atoms with Crippen LogP contribution in [0.1, 0.15) is 29.0 Å². The van der Waals surface area contributed by atoms with Crippen LogP contribution >= 0.6 is 23.2 Å². The molecule has 0 fully saturated rings. The van der Waals surface area contributed by atoms with Crippen molar-refractivity contribution < 1.29 is 18.7 Å². The third-order valence-electron chi connectivity index (χ3n) is 2.99. The molecule has 1 aromatic heterocycles. The molecule has 0 bridgehead atoms. The Hall–Kier alpha value is -1.98. The summed E-state index contributed by atoms with van der Waals surface area (Å²) in [4.78, 5) is 23.2. The van der Waals surface area contributed by atoms with E-state index in [1.165, 1.54) is 6.26 Å². The quantitative estimate of drug-likeness (QED) is 0.605. The van der Waals surface area contributed by atoms with Gasteiger partial charge in [0, 0.05) is 28.6 Å². The molecule has 23 heavy (non-hydrogen) atoms. The van der Waals surface area contributed by atoms with E-state index in [0.29, 0.717) is 28.6 Å². The molecule has 0 atom stereocenters. The third-order valence-corrected chi connectivity index (χ3v) is 3.58. The van der Waals surface area contributed by atoms with Crippen molar-refractivity contribution >= 4 is 35.1 Å². The number of halogens is 2. The van der Waals surface area contributed by atoms with Gasteiger partial charge in [-0.1, -0.05) is 29.3 Å². The van der Waals surface area contributed by atoms with Crippen LogP contribution < -0.4 is 5.32 Å². The highest BCUT2D eigenvalue weighted by atomic mass is 35.5. The molecule has 1 aromatic carbocycles. The van der Waals surface area contributed by atoms with Crippen LogP contribution in [0.5, 0.6) is 0 Å². The summed E-state index contributed by atoms with van der Waals surface area (Å²) in [5.41, 5.74) is 0.690. The molecular formula is C16H15Cl2NO4. The molecule has 0 saturated heterocycles. The molecule has 122 valence electrons. The molecule has 0 radical (unpaired) electrons. The number of furan rings is 1. The first-order valence-corrected chi connectivity index (χ1v) is 7.73. The first-order valence-electron chi connectivity index (χ1n) is 6.97. The van der Waals surface area contributed by atoms with E-state index in [4.69, 9.17) is 32.4 Å². The summed E-state index contributed by atoms with van der Waals surface area (Å²) in [5.74, 6) is -0.426. The maximum atomic E-state index is 11.6.